The van der Waals surface area contributed by atoms with E-state index in [1.54, 1.807) is 11.1 Å². The molecular formula is C24H34N2OS. The van der Waals surface area contributed by atoms with Gasteiger partial charge in [-0.15, -0.1) is 11.3 Å². The molecule has 1 saturated heterocycles. The lowest BCUT2D eigenvalue weighted by Gasteiger charge is -2.31. The Labute approximate surface area is 173 Å². The summed E-state index contributed by atoms with van der Waals surface area (Å²) in [7, 11) is 0. The van der Waals surface area contributed by atoms with Crippen LogP contribution in [0.3, 0.4) is 0 Å². The second kappa shape index (κ2) is 9.06. The summed E-state index contributed by atoms with van der Waals surface area (Å²) in [6, 6.07) is 7.06. The van der Waals surface area contributed by atoms with Crippen LogP contribution in [-0.2, 0) is 0 Å². The Balaban J connectivity index is 1.42. The van der Waals surface area contributed by atoms with E-state index in [1.807, 2.05) is 11.3 Å². The molecule has 1 N–H and O–H groups in total. The molecule has 2 aromatic rings. The molecule has 0 spiro atoms. The summed E-state index contributed by atoms with van der Waals surface area (Å²) < 4.78 is 0. The summed E-state index contributed by atoms with van der Waals surface area (Å²) in [5.74, 6) is 1.97. The maximum Gasteiger partial charge on any atom is 0.0964 e. The van der Waals surface area contributed by atoms with Crippen LogP contribution in [0.25, 0.3) is 11.3 Å². The number of benzene rings is 1. The number of thiazole rings is 1. The molecule has 4 rings (SSSR count). The number of nitrogens with zero attached hydrogens (tertiary/aromatic N) is 2. The SMILES string of the molecule is CC1CCC(C)c2cc(-c3csc(C4CCN(CCCCO)CC4)n3)ccc21. The van der Waals surface area contributed by atoms with Gasteiger partial charge in [-0.25, -0.2) is 4.98 Å². The van der Waals surface area contributed by atoms with Crippen LogP contribution in [0.2, 0.25) is 0 Å². The number of rotatable bonds is 6. The van der Waals surface area contributed by atoms with Crippen molar-refractivity contribution in [2.45, 2.75) is 70.1 Å². The van der Waals surface area contributed by atoms with Crippen LogP contribution in [0.1, 0.15) is 86.3 Å². The Morgan fingerprint density at radius 1 is 1.04 bits per heavy atom. The Kier molecular flexibility index (Phi) is 6.49. The zero-order valence-electron chi connectivity index (χ0n) is 17.4. The number of aliphatic hydroxyl groups excluding tert-OH is 1. The maximum atomic E-state index is 8.95. The van der Waals surface area contributed by atoms with Gasteiger partial charge in [0.05, 0.1) is 10.7 Å². The van der Waals surface area contributed by atoms with Gasteiger partial charge in [0.2, 0.25) is 0 Å². The van der Waals surface area contributed by atoms with Crippen molar-refractivity contribution in [2.75, 3.05) is 26.2 Å². The lowest BCUT2D eigenvalue weighted by Crippen LogP contribution is -2.33. The Morgan fingerprint density at radius 3 is 2.54 bits per heavy atom. The molecule has 2 unspecified atom stereocenters. The molecule has 0 amide bonds. The number of likely N-dealkylation sites (tertiary alicyclic amines) is 1. The monoisotopic (exact) mass is 398 g/mol. The highest BCUT2D eigenvalue weighted by Gasteiger charge is 2.24. The largest absolute Gasteiger partial charge is 0.396 e. The number of fused-ring (bicyclic) bond motifs is 1. The lowest BCUT2D eigenvalue weighted by molar-refractivity contribution is 0.199. The number of aromatic nitrogens is 1. The Morgan fingerprint density at radius 2 is 1.79 bits per heavy atom. The molecule has 0 bridgehead atoms. The van der Waals surface area contributed by atoms with Crippen molar-refractivity contribution in [1.82, 2.24) is 9.88 Å². The van der Waals surface area contributed by atoms with Gasteiger partial charge >= 0.3 is 0 Å². The average Bonchev–Trinajstić information content (AvgIpc) is 3.22. The van der Waals surface area contributed by atoms with Gasteiger partial charge < -0.3 is 10.0 Å². The fourth-order valence-corrected chi connectivity index (χ4v) is 5.88. The number of piperidine rings is 1. The smallest absolute Gasteiger partial charge is 0.0964 e. The number of hydrogen-bond donors (Lipinski definition) is 1. The van der Waals surface area contributed by atoms with Gasteiger partial charge in [0.15, 0.2) is 0 Å². The standard InChI is InChI=1S/C24H34N2OS/c1-17-5-6-18(2)22-15-20(7-8-21(17)22)23-16-28-24(25-23)19-9-12-26(13-10-19)11-3-4-14-27/h7-8,15-19,27H,3-6,9-14H2,1-2H3. The molecule has 1 aromatic carbocycles. The molecule has 2 heterocycles. The summed E-state index contributed by atoms with van der Waals surface area (Å²) in [6.45, 7) is 8.51. The third-order valence-electron chi connectivity index (χ3n) is 6.82. The molecule has 1 aromatic heterocycles. The van der Waals surface area contributed by atoms with E-state index >= 15 is 0 Å². The molecule has 4 heteroatoms. The van der Waals surface area contributed by atoms with Crippen molar-refractivity contribution >= 4 is 11.3 Å². The zero-order valence-corrected chi connectivity index (χ0v) is 18.2. The van der Waals surface area contributed by atoms with Gasteiger partial charge in [0.25, 0.3) is 0 Å². The summed E-state index contributed by atoms with van der Waals surface area (Å²) in [4.78, 5) is 7.61. The molecule has 3 nitrogen and oxygen atoms in total. The van der Waals surface area contributed by atoms with E-state index in [0.29, 0.717) is 24.4 Å². The Hall–Kier alpha value is -1.23. The van der Waals surface area contributed by atoms with Crippen molar-refractivity contribution in [1.29, 1.82) is 0 Å². The molecular weight excluding hydrogens is 364 g/mol. The highest BCUT2D eigenvalue weighted by molar-refractivity contribution is 7.10. The van der Waals surface area contributed by atoms with Crippen LogP contribution in [-0.4, -0.2) is 41.2 Å². The fraction of sp³-hybridized carbons (Fsp3) is 0.625. The van der Waals surface area contributed by atoms with E-state index in [1.165, 1.54) is 55.0 Å². The van der Waals surface area contributed by atoms with E-state index in [4.69, 9.17) is 10.1 Å². The van der Waals surface area contributed by atoms with Crippen LogP contribution < -0.4 is 0 Å². The Bertz CT molecular complexity index is 779. The second-order valence-electron chi connectivity index (χ2n) is 8.84. The zero-order chi connectivity index (χ0) is 19.5. The van der Waals surface area contributed by atoms with Crippen molar-refractivity contribution in [2.24, 2.45) is 0 Å². The van der Waals surface area contributed by atoms with Gasteiger partial charge in [0, 0.05) is 23.5 Å². The fourth-order valence-electron chi connectivity index (χ4n) is 4.88. The predicted molar refractivity (Wildman–Crippen MR) is 118 cm³/mol. The van der Waals surface area contributed by atoms with Gasteiger partial charge in [-0.2, -0.15) is 0 Å². The number of unbranched alkanes of at least 4 members (excludes halogenated alkanes) is 1. The molecule has 2 aliphatic rings. The van der Waals surface area contributed by atoms with Gasteiger partial charge in [-0.3, -0.25) is 0 Å². The predicted octanol–water partition coefficient (Wildman–Crippen LogP) is 5.76. The minimum absolute atomic E-state index is 0.318. The van der Waals surface area contributed by atoms with E-state index in [9.17, 15) is 0 Å². The normalized spacial score (nSPS) is 23.7. The lowest BCUT2D eigenvalue weighted by atomic mass is 9.77. The van der Waals surface area contributed by atoms with Crippen molar-refractivity contribution in [3.63, 3.8) is 0 Å². The molecule has 1 fully saturated rings. The van der Waals surface area contributed by atoms with E-state index in [0.717, 1.165) is 19.4 Å². The first-order valence-electron chi connectivity index (χ1n) is 11.1. The van der Waals surface area contributed by atoms with E-state index in [2.05, 4.69) is 42.3 Å². The summed E-state index contributed by atoms with van der Waals surface area (Å²) >= 11 is 1.85. The van der Waals surface area contributed by atoms with Crippen LogP contribution in [0.5, 0.6) is 0 Å². The first kappa shape index (κ1) is 20.1. The first-order chi connectivity index (χ1) is 13.7. The van der Waals surface area contributed by atoms with Crippen molar-refractivity contribution in [3.05, 3.63) is 39.7 Å². The first-order valence-corrected chi connectivity index (χ1v) is 12.0. The molecule has 1 aliphatic carbocycles. The highest BCUT2D eigenvalue weighted by Crippen LogP contribution is 2.40. The minimum atomic E-state index is 0.318. The molecule has 2 atom stereocenters. The third kappa shape index (κ3) is 4.34. The second-order valence-corrected chi connectivity index (χ2v) is 9.73. The highest BCUT2D eigenvalue weighted by atomic mass is 32.1. The number of aliphatic hydroxyl groups is 1. The quantitative estimate of drug-likeness (QED) is 0.628. The average molecular weight is 399 g/mol. The summed E-state index contributed by atoms with van der Waals surface area (Å²) in [6.07, 6.45) is 7.07. The maximum absolute atomic E-state index is 8.95. The molecule has 0 saturated carbocycles. The van der Waals surface area contributed by atoms with Crippen LogP contribution in [0.15, 0.2) is 23.6 Å². The molecule has 28 heavy (non-hydrogen) atoms. The van der Waals surface area contributed by atoms with Gasteiger partial charge in [0.1, 0.15) is 0 Å². The van der Waals surface area contributed by atoms with Gasteiger partial charge in [-0.05, 0) is 87.2 Å². The molecule has 0 radical (unpaired) electrons. The third-order valence-corrected chi connectivity index (χ3v) is 7.83. The van der Waals surface area contributed by atoms with E-state index in [-0.39, 0.29) is 0 Å². The van der Waals surface area contributed by atoms with Crippen molar-refractivity contribution < 1.29 is 5.11 Å². The topological polar surface area (TPSA) is 36.4 Å². The number of hydrogen-bond acceptors (Lipinski definition) is 4. The summed E-state index contributed by atoms with van der Waals surface area (Å²) in [5.41, 5.74) is 5.55. The van der Waals surface area contributed by atoms with Gasteiger partial charge in [-0.1, -0.05) is 26.0 Å². The van der Waals surface area contributed by atoms with Crippen molar-refractivity contribution in [3.8, 4) is 11.3 Å². The van der Waals surface area contributed by atoms with Crippen LogP contribution in [0, 0.1) is 0 Å². The molecule has 152 valence electrons. The van der Waals surface area contributed by atoms with Crippen LogP contribution in [0.4, 0.5) is 0 Å². The summed E-state index contributed by atoms with van der Waals surface area (Å²) in [5, 5.41) is 12.5. The minimum Gasteiger partial charge on any atom is -0.396 e. The van der Waals surface area contributed by atoms with Crippen LogP contribution >= 0.6 is 11.3 Å². The van der Waals surface area contributed by atoms with E-state index < -0.39 is 0 Å². The molecule has 1 aliphatic heterocycles.